The molecule has 118 valence electrons. The summed E-state index contributed by atoms with van der Waals surface area (Å²) in [5.41, 5.74) is 5.46. The smallest absolute Gasteiger partial charge is 0.273 e. The van der Waals surface area contributed by atoms with Crippen LogP contribution in [0.4, 0.5) is 0 Å². The van der Waals surface area contributed by atoms with Crippen molar-refractivity contribution in [3.63, 3.8) is 0 Å². The second-order valence-corrected chi connectivity index (χ2v) is 6.12. The zero-order valence-electron chi connectivity index (χ0n) is 12.4. The molecular formula is C14H24N4O2S. The van der Waals surface area contributed by atoms with Crippen molar-refractivity contribution >= 4 is 24.4 Å². The molecule has 1 heterocycles. The van der Waals surface area contributed by atoms with Crippen LogP contribution in [0.25, 0.3) is 0 Å². The Balaban J connectivity index is 2.10. The SMILES string of the molecule is CCCCCN1C(NC(=O)C2CCC2)=C(N)C(=O)NC1S. The molecule has 21 heavy (non-hydrogen) atoms. The third kappa shape index (κ3) is 3.64. The number of carbonyl (C=O) groups excluding carboxylic acids is 2. The maximum atomic E-state index is 12.1. The lowest BCUT2D eigenvalue weighted by atomic mass is 9.85. The Kier molecular flexibility index (Phi) is 5.39. The van der Waals surface area contributed by atoms with E-state index in [9.17, 15) is 9.59 Å². The van der Waals surface area contributed by atoms with Gasteiger partial charge in [-0.15, -0.1) is 12.6 Å². The van der Waals surface area contributed by atoms with E-state index in [1.165, 1.54) is 0 Å². The van der Waals surface area contributed by atoms with Crippen LogP contribution in [0.5, 0.6) is 0 Å². The standard InChI is InChI=1S/C14H24N4O2S/c1-2-3-4-8-18-11(10(15)13(20)17-14(18)21)16-12(19)9-6-5-7-9/h9,14,21H,2-8,15H2,1H3,(H,16,19)(H,17,20). The van der Waals surface area contributed by atoms with E-state index in [2.05, 4.69) is 30.2 Å². The topological polar surface area (TPSA) is 87.5 Å². The number of unbranched alkanes of at least 4 members (excludes halogenated alkanes) is 2. The lowest BCUT2D eigenvalue weighted by Crippen LogP contribution is -2.56. The zero-order valence-corrected chi connectivity index (χ0v) is 13.3. The molecule has 0 bridgehead atoms. The lowest BCUT2D eigenvalue weighted by molar-refractivity contribution is -0.127. The molecule has 0 aromatic heterocycles. The van der Waals surface area contributed by atoms with E-state index in [1.54, 1.807) is 0 Å². The van der Waals surface area contributed by atoms with E-state index in [4.69, 9.17) is 5.73 Å². The van der Waals surface area contributed by atoms with Crippen LogP contribution in [0.1, 0.15) is 45.4 Å². The number of amides is 2. The van der Waals surface area contributed by atoms with Gasteiger partial charge in [0.05, 0.1) is 0 Å². The first-order valence-electron chi connectivity index (χ1n) is 7.60. The summed E-state index contributed by atoms with van der Waals surface area (Å²) < 4.78 is 0. The van der Waals surface area contributed by atoms with Crippen molar-refractivity contribution < 1.29 is 9.59 Å². The van der Waals surface area contributed by atoms with Crippen molar-refractivity contribution in [3.8, 4) is 0 Å². The molecule has 2 amide bonds. The summed E-state index contributed by atoms with van der Waals surface area (Å²) >= 11 is 4.38. The van der Waals surface area contributed by atoms with Crippen LogP contribution in [0, 0.1) is 5.92 Å². The normalized spacial score (nSPS) is 22.9. The molecule has 4 N–H and O–H groups in total. The van der Waals surface area contributed by atoms with Gasteiger partial charge in [-0.25, -0.2) is 0 Å². The van der Waals surface area contributed by atoms with E-state index >= 15 is 0 Å². The largest absolute Gasteiger partial charge is 0.391 e. The highest BCUT2D eigenvalue weighted by atomic mass is 32.1. The highest BCUT2D eigenvalue weighted by Gasteiger charge is 2.33. The van der Waals surface area contributed by atoms with Gasteiger partial charge in [0.1, 0.15) is 17.0 Å². The summed E-state index contributed by atoms with van der Waals surface area (Å²) in [6, 6.07) is 0. The van der Waals surface area contributed by atoms with Gasteiger partial charge in [0.15, 0.2) is 0 Å². The fourth-order valence-corrected chi connectivity index (χ4v) is 2.80. The number of rotatable bonds is 6. The molecule has 0 spiro atoms. The van der Waals surface area contributed by atoms with Gasteiger partial charge in [-0.05, 0) is 19.3 Å². The molecule has 2 aliphatic rings. The minimum Gasteiger partial charge on any atom is -0.391 e. The third-order valence-corrected chi connectivity index (χ3v) is 4.47. The molecule has 2 rings (SSSR count). The minimum atomic E-state index is -0.460. The fraction of sp³-hybridized carbons (Fsp3) is 0.714. The van der Waals surface area contributed by atoms with Crippen LogP contribution >= 0.6 is 12.6 Å². The number of thiol groups is 1. The van der Waals surface area contributed by atoms with Crippen molar-refractivity contribution in [1.82, 2.24) is 15.5 Å². The van der Waals surface area contributed by atoms with Crippen molar-refractivity contribution in [2.75, 3.05) is 6.54 Å². The summed E-state index contributed by atoms with van der Waals surface area (Å²) in [6.07, 6.45) is 6.04. The molecule has 7 heteroatoms. The predicted molar refractivity (Wildman–Crippen MR) is 83.8 cm³/mol. The van der Waals surface area contributed by atoms with Gasteiger partial charge in [-0.3, -0.25) is 9.59 Å². The van der Waals surface area contributed by atoms with E-state index in [0.29, 0.717) is 12.4 Å². The Labute approximate surface area is 130 Å². The first kappa shape index (κ1) is 16.0. The van der Waals surface area contributed by atoms with Gasteiger partial charge in [0, 0.05) is 12.5 Å². The Hall–Kier alpha value is -1.37. The number of nitrogens with two attached hydrogens (primary N) is 1. The lowest BCUT2D eigenvalue weighted by Gasteiger charge is -2.38. The van der Waals surface area contributed by atoms with Gasteiger partial charge in [-0.2, -0.15) is 0 Å². The summed E-state index contributed by atoms with van der Waals surface area (Å²) in [6.45, 7) is 2.82. The third-order valence-electron chi connectivity index (χ3n) is 4.06. The van der Waals surface area contributed by atoms with E-state index in [1.807, 2.05) is 4.90 Å². The predicted octanol–water partition coefficient (Wildman–Crippen LogP) is 0.866. The summed E-state index contributed by atoms with van der Waals surface area (Å²) in [5.74, 6) is 0.0264. The molecule has 1 saturated carbocycles. The van der Waals surface area contributed by atoms with Crippen molar-refractivity contribution in [2.45, 2.75) is 50.9 Å². The van der Waals surface area contributed by atoms with Crippen LogP contribution in [0.15, 0.2) is 11.5 Å². The monoisotopic (exact) mass is 312 g/mol. The second-order valence-electron chi connectivity index (χ2n) is 5.63. The quantitative estimate of drug-likeness (QED) is 0.433. The van der Waals surface area contributed by atoms with Crippen LogP contribution in [0.3, 0.4) is 0 Å². The number of nitrogens with zero attached hydrogens (tertiary/aromatic N) is 1. The molecule has 0 aromatic carbocycles. The van der Waals surface area contributed by atoms with Gasteiger partial charge < -0.3 is 21.3 Å². The Bertz CT molecular complexity index is 448. The molecular weight excluding hydrogens is 288 g/mol. The summed E-state index contributed by atoms with van der Waals surface area (Å²) in [7, 11) is 0. The molecule has 0 radical (unpaired) electrons. The van der Waals surface area contributed by atoms with Crippen molar-refractivity contribution in [3.05, 3.63) is 11.5 Å². The highest BCUT2D eigenvalue weighted by molar-refractivity contribution is 7.80. The number of hydrogen-bond donors (Lipinski definition) is 4. The van der Waals surface area contributed by atoms with Gasteiger partial charge in [-0.1, -0.05) is 26.2 Å². The Morgan fingerprint density at radius 2 is 2.19 bits per heavy atom. The molecule has 0 aromatic rings. The van der Waals surface area contributed by atoms with Crippen LogP contribution < -0.4 is 16.4 Å². The van der Waals surface area contributed by atoms with Crippen LogP contribution in [0.2, 0.25) is 0 Å². The summed E-state index contributed by atoms with van der Waals surface area (Å²) in [4.78, 5) is 25.8. The minimum absolute atomic E-state index is 0.0464. The molecule has 1 fully saturated rings. The van der Waals surface area contributed by atoms with Crippen LogP contribution in [-0.4, -0.2) is 28.8 Å². The average Bonchev–Trinajstić information content (AvgIpc) is 2.37. The van der Waals surface area contributed by atoms with Crippen LogP contribution in [-0.2, 0) is 9.59 Å². The zero-order chi connectivity index (χ0) is 15.4. The molecule has 1 aliphatic carbocycles. The van der Waals surface area contributed by atoms with Crippen molar-refractivity contribution in [1.29, 1.82) is 0 Å². The number of nitrogens with one attached hydrogen (secondary N) is 2. The first-order chi connectivity index (χ1) is 10.0. The van der Waals surface area contributed by atoms with E-state index in [-0.39, 0.29) is 23.4 Å². The number of carbonyl (C=O) groups is 2. The molecule has 1 atom stereocenters. The van der Waals surface area contributed by atoms with E-state index < -0.39 is 5.50 Å². The first-order valence-corrected chi connectivity index (χ1v) is 8.12. The van der Waals surface area contributed by atoms with Gasteiger partial charge >= 0.3 is 0 Å². The second kappa shape index (κ2) is 7.06. The van der Waals surface area contributed by atoms with E-state index in [0.717, 1.165) is 38.5 Å². The molecule has 1 unspecified atom stereocenters. The Morgan fingerprint density at radius 1 is 1.48 bits per heavy atom. The molecule has 6 nitrogen and oxygen atoms in total. The maximum absolute atomic E-state index is 12.1. The van der Waals surface area contributed by atoms with Gasteiger partial charge in [0.2, 0.25) is 5.91 Å². The Morgan fingerprint density at radius 3 is 2.76 bits per heavy atom. The maximum Gasteiger partial charge on any atom is 0.273 e. The number of hydrogen-bond acceptors (Lipinski definition) is 5. The molecule has 0 saturated heterocycles. The van der Waals surface area contributed by atoms with Gasteiger partial charge in [0.25, 0.3) is 5.91 Å². The molecule has 1 aliphatic heterocycles. The fourth-order valence-electron chi connectivity index (χ4n) is 2.45. The highest BCUT2D eigenvalue weighted by Crippen LogP contribution is 2.27. The average molecular weight is 312 g/mol. The van der Waals surface area contributed by atoms with Crippen molar-refractivity contribution in [2.24, 2.45) is 11.7 Å². The summed E-state index contributed by atoms with van der Waals surface area (Å²) in [5, 5.41) is 5.52.